The lowest BCUT2D eigenvalue weighted by Gasteiger charge is -2.38. The van der Waals surface area contributed by atoms with Crippen molar-refractivity contribution >= 4 is 5.91 Å². The number of benzene rings is 2. The van der Waals surface area contributed by atoms with Gasteiger partial charge < -0.3 is 4.90 Å². The van der Waals surface area contributed by atoms with Crippen molar-refractivity contribution in [3.63, 3.8) is 0 Å². The molecule has 2 heterocycles. The summed E-state index contributed by atoms with van der Waals surface area (Å²) in [4.78, 5) is 17.4. The van der Waals surface area contributed by atoms with Gasteiger partial charge in [-0.3, -0.25) is 9.69 Å². The van der Waals surface area contributed by atoms with E-state index in [4.69, 9.17) is 0 Å². The minimum Gasteiger partial charge on any atom is -0.333 e. The first kappa shape index (κ1) is 21.0. The van der Waals surface area contributed by atoms with E-state index >= 15 is 0 Å². The molecule has 2 fully saturated rings. The molecule has 2 aliphatic rings. The van der Waals surface area contributed by atoms with Crippen LogP contribution in [0.5, 0.6) is 0 Å². The zero-order chi connectivity index (χ0) is 21.1. The van der Waals surface area contributed by atoms with Crippen LogP contribution in [0.4, 0.5) is 4.39 Å². The Labute approximate surface area is 179 Å². The molecule has 1 spiro atoms. The number of carbonyl (C=O) groups is 1. The van der Waals surface area contributed by atoms with Crippen LogP contribution in [0.15, 0.2) is 48.5 Å². The number of amides is 1. The molecule has 0 saturated carbocycles. The summed E-state index contributed by atoms with van der Waals surface area (Å²) in [6.45, 7) is 8.11. The van der Waals surface area contributed by atoms with Gasteiger partial charge in [0.25, 0.3) is 0 Å². The molecule has 2 aliphatic heterocycles. The zero-order valence-electron chi connectivity index (χ0n) is 18.2. The lowest BCUT2D eigenvalue weighted by Crippen LogP contribution is -2.45. The fourth-order valence-corrected chi connectivity index (χ4v) is 5.08. The summed E-state index contributed by atoms with van der Waals surface area (Å²) in [5.74, 6) is 0.578. The van der Waals surface area contributed by atoms with Gasteiger partial charge in [0, 0.05) is 31.6 Å². The third kappa shape index (κ3) is 4.59. The number of halogens is 1. The second-order valence-corrected chi connectivity index (χ2v) is 9.36. The van der Waals surface area contributed by atoms with Gasteiger partial charge in [-0.1, -0.05) is 50.2 Å². The SMILES string of the molecule is CC(C)c1ccc(CN2CCC[C@]3(CCC(=O)N3Cc3ccc(F)cc3)CC2)cc1. The summed E-state index contributed by atoms with van der Waals surface area (Å²) in [5, 5.41) is 0. The molecule has 0 N–H and O–H groups in total. The normalized spacial score (nSPS) is 22.8. The molecular weight excluding hydrogens is 375 g/mol. The molecule has 0 radical (unpaired) electrons. The van der Waals surface area contributed by atoms with Gasteiger partial charge in [-0.25, -0.2) is 4.39 Å². The van der Waals surface area contributed by atoms with Crippen LogP contribution in [0.2, 0.25) is 0 Å². The van der Waals surface area contributed by atoms with Crippen LogP contribution in [0, 0.1) is 5.82 Å². The molecule has 160 valence electrons. The first-order chi connectivity index (χ1) is 14.4. The standard InChI is InChI=1S/C26H33FN2O/c1-20(2)23-8-4-21(5-9-23)18-28-16-3-13-26(15-17-28)14-12-25(30)29(26)19-22-6-10-24(27)11-7-22/h4-11,20H,3,12-19H2,1-2H3/t26-/m0/s1. The molecule has 0 aromatic heterocycles. The van der Waals surface area contributed by atoms with E-state index in [1.807, 2.05) is 0 Å². The number of hydrogen-bond acceptors (Lipinski definition) is 2. The van der Waals surface area contributed by atoms with Gasteiger partial charge >= 0.3 is 0 Å². The Bertz CT molecular complexity index is 862. The van der Waals surface area contributed by atoms with Crippen molar-refractivity contribution < 1.29 is 9.18 Å². The van der Waals surface area contributed by atoms with Gasteiger partial charge in [-0.2, -0.15) is 0 Å². The summed E-state index contributed by atoms with van der Waals surface area (Å²) >= 11 is 0. The smallest absolute Gasteiger partial charge is 0.223 e. The van der Waals surface area contributed by atoms with Crippen molar-refractivity contribution in [2.75, 3.05) is 13.1 Å². The van der Waals surface area contributed by atoms with Crippen molar-refractivity contribution in [3.8, 4) is 0 Å². The largest absolute Gasteiger partial charge is 0.333 e. The highest BCUT2D eigenvalue weighted by molar-refractivity contribution is 5.79. The van der Waals surface area contributed by atoms with Crippen LogP contribution < -0.4 is 0 Å². The maximum atomic E-state index is 13.3. The first-order valence-electron chi connectivity index (χ1n) is 11.3. The highest BCUT2D eigenvalue weighted by Gasteiger charge is 2.45. The Balaban J connectivity index is 1.42. The fourth-order valence-electron chi connectivity index (χ4n) is 5.08. The monoisotopic (exact) mass is 408 g/mol. The topological polar surface area (TPSA) is 23.6 Å². The molecule has 4 rings (SSSR count). The van der Waals surface area contributed by atoms with Gasteiger partial charge in [0.1, 0.15) is 5.82 Å². The van der Waals surface area contributed by atoms with Crippen molar-refractivity contribution in [3.05, 3.63) is 71.0 Å². The van der Waals surface area contributed by atoms with Gasteiger partial charge in [0.2, 0.25) is 5.91 Å². The van der Waals surface area contributed by atoms with E-state index in [0.717, 1.165) is 50.9 Å². The Kier molecular flexibility index (Phi) is 6.24. The van der Waals surface area contributed by atoms with Gasteiger partial charge in [0.05, 0.1) is 0 Å². The summed E-state index contributed by atoms with van der Waals surface area (Å²) in [6.07, 6.45) is 4.77. The number of likely N-dealkylation sites (tertiary alicyclic amines) is 2. The average molecular weight is 409 g/mol. The maximum Gasteiger partial charge on any atom is 0.223 e. The predicted octanol–water partition coefficient (Wildman–Crippen LogP) is 5.50. The highest BCUT2D eigenvalue weighted by atomic mass is 19.1. The Hall–Kier alpha value is -2.20. The van der Waals surface area contributed by atoms with E-state index in [-0.39, 0.29) is 17.3 Å². The molecule has 3 nitrogen and oxygen atoms in total. The molecule has 2 aromatic rings. The number of hydrogen-bond donors (Lipinski definition) is 0. The van der Waals surface area contributed by atoms with Crippen LogP contribution >= 0.6 is 0 Å². The summed E-state index contributed by atoms with van der Waals surface area (Å²) in [6, 6.07) is 15.6. The second-order valence-electron chi connectivity index (χ2n) is 9.36. The Morgan fingerprint density at radius 1 is 0.900 bits per heavy atom. The molecule has 0 unspecified atom stereocenters. The van der Waals surface area contributed by atoms with Gasteiger partial charge in [-0.15, -0.1) is 0 Å². The minimum atomic E-state index is -0.229. The van der Waals surface area contributed by atoms with Gasteiger partial charge in [-0.05, 0) is 67.0 Å². The lowest BCUT2D eigenvalue weighted by molar-refractivity contribution is -0.132. The van der Waals surface area contributed by atoms with Gasteiger partial charge in [0.15, 0.2) is 0 Å². The van der Waals surface area contributed by atoms with Crippen LogP contribution in [0.1, 0.15) is 68.6 Å². The third-order valence-corrected chi connectivity index (χ3v) is 6.99. The zero-order valence-corrected chi connectivity index (χ0v) is 18.2. The Morgan fingerprint density at radius 3 is 2.27 bits per heavy atom. The van der Waals surface area contributed by atoms with E-state index < -0.39 is 0 Å². The van der Waals surface area contributed by atoms with Crippen molar-refractivity contribution in [2.45, 2.75) is 70.5 Å². The average Bonchev–Trinajstić information content (AvgIpc) is 2.90. The van der Waals surface area contributed by atoms with E-state index in [9.17, 15) is 9.18 Å². The molecule has 1 atom stereocenters. The Morgan fingerprint density at radius 2 is 1.57 bits per heavy atom. The quantitative estimate of drug-likeness (QED) is 0.652. The van der Waals surface area contributed by atoms with E-state index in [1.54, 1.807) is 12.1 Å². The summed E-state index contributed by atoms with van der Waals surface area (Å²) < 4.78 is 13.3. The van der Waals surface area contributed by atoms with Crippen molar-refractivity contribution in [1.82, 2.24) is 9.80 Å². The number of nitrogens with zero attached hydrogens (tertiary/aromatic N) is 2. The number of carbonyl (C=O) groups excluding carboxylic acids is 1. The number of rotatable bonds is 5. The lowest BCUT2D eigenvalue weighted by atomic mass is 9.87. The highest BCUT2D eigenvalue weighted by Crippen LogP contribution is 2.40. The summed E-state index contributed by atoms with van der Waals surface area (Å²) in [7, 11) is 0. The molecule has 2 saturated heterocycles. The van der Waals surface area contributed by atoms with Crippen molar-refractivity contribution in [2.24, 2.45) is 0 Å². The van der Waals surface area contributed by atoms with Crippen LogP contribution in [-0.2, 0) is 17.9 Å². The second kappa shape index (κ2) is 8.89. The maximum absolute atomic E-state index is 13.3. The summed E-state index contributed by atoms with van der Waals surface area (Å²) in [5.41, 5.74) is 3.72. The van der Waals surface area contributed by atoms with Crippen LogP contribution in [0.25, 0.3) is 0 Å². The van der Waals surface area contributed by atoms with E-state index in [1.165, 1.54) is 23.3 Å². The van der Waals surface area contributed by atoms with E-state index in [2.05, 4.69) is 47.9 Å². The first-order valence-corrected chi connectivity index (χ1v) is 11.3. The molecule has 30 heavy (non-hydrogen) atoms. The molecule has 1 amide bonds. The molecule has 4 heteroatoms. The third-order valence-electron chi connectivity index (χ3n) is 6.99. The fraction of sp³-hybridized carbons (Fsp3) is 0.500. The van der Waals surface area contributed by atoms with E-state index in [0.29, 0.717) is 18.9 Å². The molecular formula is C26H33FN2O. The van der Waals surface area contributed by atoms with Crippen LogP contribution in [0.3, 0.4) is 0 Å². The molecule has 2 aromatic carbocycles. The van der Waals surface area contributed by atoms with Crippen molar-refractivity contribution in [1.29, 1.82) is 0 Å². The molecule has 0 bridgehead atoms. The molecule has 0 aliphatic carbocycles. The minimum absolute atomic E-state index is 0.0400. The predicted molar refractivity (Wildman–Crippen MR) is 119 cm³/mol. The van der Waals surface area contributed by atoms with Crippen LogP contribution in [-0.4, -0.2) is 34.3 Å².